The number of halogens is 1. The van der Waals surface area contributed by atoms with E-state index in [1.54, 1.807) is 25.3 Å². The lowest BCUT2D eigenvalue weighted by Gasteiger charge is -2.10. The molecule has 23 heavy (non-hydrogen) atoms. The van der Waals surface area contributed by atoms with Crippen molar-refractivity contribution in [3.63, 3.8) is 0 Å². The molecule has 0 aliphatic rings. The highest BCUT2D eigenvalue weighted by Gasteiger charge is 2.13. The van der Waals surface area contributed by atoms with E-state index in [-0.39, 0.29) is 11.7 Å². The molecule has 1 N–H and O–H groups in total. The Morgan fingerprint density at radius 3 is 2.91 bits per heavy atom. The van der Waals surface area contributed by atoms with E-state index < -0.39 is 0 Å². The number of hydrogen-bond donors (Lipinski definition) is 1. The van der Waals surface area contributed by atoms with Crippen LogP contribution in [0.4, 0.5) is 5.69 Å². The van der Waals surface area contributed by atoms with Gasteiger partial charge < -0.3 is 14.6 Å². The number of carbonyl (C=O) groups excluding carboxylic acids is 1. The van der Waals surface area contributed by atoms with Crippen LogP contribution in [0.2, 0.25) is 5.02 Å². The van der Waals surface area contributed by atoms with Crippen LogP contribution in [0.15, 0.2) is 23.4 Å². The molecule has 0 saturated heterocycles. The van der Waals surface area contributed by atoms with E-state index in [0.29, 0.717) is 16.5 Å². The number of nitrogens with one attached hydrogen (secondary N) is 1. The minimum Gasteiger partial charge on any atom is -0.495 e. The molecule has 0 aliphatic carbocycles. The molecule has 0 aliphatic heterocycles. The van der Waals surface area contributed by atoms with Gasteiger partial charge in [-0.2, -0.15) is 0 Å². The SMILES string of the molecule is CCCn1c(C)nnc1SCC(=O)Nc1cc(Cl)ccc1OC. The number of carbonyl (C=O) groups is 1. The molecular formula is C15H19ClN4O2S. The lowest BCUT2D eigenvalue weighted by atomic mass is 10.3. The van der Waals surface area contributed by atoms with Crippen molar-refractivity contribution in [2.24, 2.45) is 0 Å². The average Bonchev–Trinajstić information content (AvgIpc) is 2.87. The van der Waals surface area contributed by atoms with Crippen LogP contribution >= 0.6 is 23.4 Å². The number of rotatable bonds is 7. The van der Waals surface area contributed by atoms with Crippen molar-refractivity contribution in [3.05, 3.63) is 29.0 Å². The van der Waals surface area contributed by atoms with Crippen LogP contribution in [0.3, 0.4) is 0 Å². The Morgan fingerprint density at radius 2 is 2.22 bits per heavy atom. The molecule has 0 spiro atoms. The van der Waals surface area contributed by atoms with Crippen molar-refractivity contribution in [1.29, 1.82) is 0 Å². The Bertz CT molecular complexity index is 690. The smallest absolute Gasteiger partial charge is 0.234 e. The lowest BCUT2D eigenvalue weighted by molar-refractivity contribution is -0.113. The Labute approximate surface area is 144 Å². The fourth-order valence-electron chi connectivity index (χ4n) is 2.04. The number of aryl methyl sites for hydroxylation is 1. The first-order chi connectivity index (χ1) is 11.0. The van der Waals surface area contributed by atoms with Crippen molar-refractivity contribution in [1.82, 2.24) is 14.8 Å². The summed E-state index contributed by atoms with van der Waals surface area (Å²) in [5.74, 6) is 1.50. The summed E-state index contributed by atoms with van der Waals surface area (Å²) >= 11 is 7.31. The second kappa shape index (κ2) is 8.21. The molecule has 1 amide bonds. The molecular weight excluding hydrogens is 336 g/mol. The molecule has 8 heteroatoms. The standard InChI is InChI=1S/C15H19ClN4O2S/c1-4-7-20-10(2)18-19-15(20)23-9-14(21)17-12-8-11(16)5-6-13(12)22-3/h5-6,8H,4,7,9H2,1-3H3,(H,17,21). The fraction of sp³-hybridized carbons (Fsp3) is 0.400. The van der Waals surface area contributed by atoms with Gasteiger partial charge in [-0.3, -0.25) is 4.79 Å². The molecule has 0 unspecified atom stereocenters. The highest BCUT2D eigenvalue weighted by molar-refractivity contribution is 7.99. The number of methoxy groups -OCH3 is 1. The van der Waals surface area contributed by atoms with Gasteiger partial charge in [-0.15, -0.1) is 10.2 Å². The van der Waals surface area contributed by atoms with E-state index in [1.165, 1.54) is 11.8 Å². The van der Waals surface area contributed by atoms with Gasteiger partial charge in [0.2, 0.25) is 5.91 Å². The molecule has 124 valence electrons. The maximum absolute atomic E-state index is 12.2. The van der Waals surface area contributed by atoms with Crippen molar-refractivity contribution in [3.8, 4) is 5.75 Å². The van der Waals surface area contributed by atoms with E-state index >= 15 is 0 Å². The topological polar surface area (TPSA) is 69.0 Å². The van der Waals surface area contributed by atoms with Crippen LogP contribution in [0, 0.1) is 6.92 Å². The van der Waals surface area contributed by atoms with Crippen molar-refractivity contribution >= 4 is 35.0 Å². The number of nitrogens with zero attached hydrogens (tertiary/aromatic N) is 3. The number of benzene rings is 1. The van der Waals surface area contributed by atoms with E-state index in [4.69, 9.17) is 16.3 Å². The van der Waals surface area contributed by atoms with Gasteiger partial charge in [0.1, 0.15) is 11.6 Å². The zero-order valence-electron chi connectivity index (χ0n) is 13.3. The van der Waals surface area contributed by atoms with Gasteiger partial charge in [0.15, 0.2) is 5.16 Å². The summed E-state index contributed by atoms with van der Waals surface area (Å²) in [6, 6.07) is 5.08. The molecule has 0 saturated carbocycles. The third-order valence-corrected chi connectivity index (χ3v) is 4.32. The molecule has 1 aromatic heterocycles. The summed E-state index contributed by atoms with van der Waals surface area (Å²) < 4.78 is 7.22. The number of ether oxygens (including phenoxy) is 1. The van der Waals surface area contributed by atoms with Crippen molar-refractivity contribution in [2.75, 3.05) is 18.2 Å². The molecule has 0 atom stereocenters. The normalized spacial score (nSPS) is 10.6. The van der Waals surface area contributed by atoms with Gasteiger partial charge in [0.25, 0.3) is 0 Å². The van der Waals surface area contributed by atoms with Gasteiger partial charge in [-0.25, -0.2) is 0 Å². The number of amides is 1. The van der Waals surface area contributed by atoms with Gasteiger partial charge in [0.05, 0.1) is 18.6 Å². The molecule has 6 nitrogen and oxygen atoms in total. The summed E-state index contributed by atoms with van der Waals surface area (Å²) in [5, 5.41) is 12.3. The highest BCUT2D eigenvalue weighted by atomic mass is 35.5. The third-order valence-electron chi connectivity index (χ3n) is 3.12. The molecule has 0 fully saturated rings. The van der Waals surface area contributed by atoms with Gasteiger partial charge in [0, 0.05) is 11.6 Å². The fourth-order valence-corrected chi connectivity index (χ4v) is 3.03. The van der Waals surface area contributed by atoms with Gasteiger partial charge in [-0.05, 0) is 31.5 Å². The number of anilines is 1. The first-order valence-electron chi connectivity index (χ1n) is 7.21. The largest absolute Gasteiger partial charge is 0.495 e. The van der Waals surface area contributed by atoms with Crippen LogP contribution in [0.25, 0.3) is 0 Å². The second-order valence-electron chi connectivity index (χ2n) is 4.86. The van der Waals surface area contributed by atoms with E-state index in [1.807, 2.05) is 11.5 Å². The molecule has 2 rings (SSSR count). The van der Waals surface area contributed by atoms with Crippen LogP contribution < -0.4 is 10.1 Å². The quantitative estimate of drug-likeness (QED) is 0.772. The maximum atomic E-state index is 12.2. The average molecular weight is 355 g/mol. The van der Waals surface area contributed by atoms with Crippen LogP contribution in [0.1, 0.15) is 19.2 Å². The summed E-state index contributed by atoms with van der Waals surface area (Å²) in [4.78, 5) is 12.2. The van der Waals surface area contributed by atoms with Crippen LogP contribution in [-0.4, -0.2) is 33.5 Å². The van der Waals surface area contributed by atoms with Crippen molar-refractivity contribution in [2.45, 2.75) is 32.0 Å². The summed E-state index contributed by atoms with van der Waals surface area (Å²) in [6.07, 6.45) is 0.984. The zero-order valence-corrected chi connectivity index (χ0v) is 14.9. The minimum absolute atomic E-state index is 0.153. The summed E-state index contributed by atoms with van der Waals surface area (Å²) in [5.41, 5.74) is 0.553. The zero-order chi connectivity index (χ0) is 16.8. The number of hydrogen-bond acceptors (Lipinski definition) is 5. The number of aromatic nitrogens is 3. The summed E-state index contributed by atoms with van der Waals surface area (Å²) in [7, 11) is 1.55. The predicted molar refractivity (Wildman–Crippen MR) is 92.4 cm³/mol. The predicted octanol–water partition coefficient (Wildman–Crippen LogP) is 3.39. The highest BCUT2D eigenvalue weighted by Crippen LogP contribution is 2.28. The first kappa shape index (κ1) is 17.6. The van der Waals surface area contributed by atoms with Gasteiger partial charge >= 0.3 is 0 Å². The maximum Gasteiger partial charge on any atom is 0.234 e. The first-order valence-corrected chi connectivity index (χ1v) is 8.57. The molecule has 0 radical (unpaired) electrons. The Kier molecular flexibility index (Phi) is 6.29. The molecule has 0 bridgehead atoms. The Morgan fingerprint density at radius 1 is 1.43 bits per heavy atom. The summed E-state index contributed by atoms with van der Waals surface area (Å²) in [6.45, 7) is 4.83. The lowest BCUT2D eigenvalue weighted by Crippen LogP contribution is -2.15. The molecule has 1 heterocycles. The Hall–Kier alpha value is -1.73. The van der Waals surface area contributed by atoms with E-state index in [0.717, 1.165) is 23.9 Å². The Balaban J connectivity index is 2.00. The van der Waals surface area contributed by atoms with Gasteiger partial charge in [-0.1, -0.05) is 30.3 Å². The third kappa shape index (κ3) is 4.62. The van der Waals surface area contributed by atoms with E-state index in [2.05, 4.69) is 22.4 Å². The van der Waals surface area contributed by atoms with Crippen molar-refractivity contribution < 1.29 is 9.53 Å². The van der Waals surface area contributed by atoms with Crippen LogP contribution in [0.5, 0.6) is 5.75 Å². The van der Waals surface area contributed by atoms with E-state index in [9.17, 15) is 4.79 Å². The number of thioether (sulfide) groups is 1. The molecule has 1 aromatic carbocycles. The van der Waals surface area contributed by atoms with Crippen LogP contribution in [-0.2, 0) is 11.3 Å². The second-order valence-corrected chi connectivity index (χ2v) is 6.24. The minimum atomic E-state index is -0.153. The molecule has 2 aromatic rings. The monoisotopic (exact) mass is 354 g/mol.